The molecule has 0 bridgehead atoms. The lowest BCUT2D eigenvalue weighted by Gasteiger charge is -1.92. The van der Waals surface area contributed by atoms with E-state index in [1.807, 2.05) is 49.4 Å². The van der Waals surface area contributed by atoms with Gasteiger partial charge in [0.2, 0.25) is 0 Å². The normalized spacial score (nSPS) is 9.40. The number of carbonyl (C=O) groups excluding carboxylic acids is 1. The minimum atomic E-state index is -0.253. The smallest absolute Gasteiger partial charge is 0.296 e. The molecule has 0 aliphatic carbocycles. The number of hydrogen-bond donors (Lipinski definition) is 1. The van der Waals surface area contributed by atoms with Crippen molar-refractivity contribution in [2.45, 2.75) is 6.92 Å². The minimum absolute atomic E-state index is 0.253. The van der Waals surface area contributed by atoms with Crippen LogP contribution in [0.1, 0.15) is 12.5 Å². The van der Waals surface area contributed by atoms with Gasteiger partial charge in [-0.15, -0.1) is 0 Å². The van der Waals surface area contributed by atoms with E-state index in [4.69, 9.17) is 0 Å². The second-order valence-corrected chi connectivity index (χ2v) is 2.90. The zero-order chi connectivity index (χ0) is 10.9. The van der Waals surface area contributed by atoms with E-state index in [0.717, 1.165) is 5.56 Å². The highest BCUT2D eigenvalue weighted by Gasteiger charge is 1.90. The van der Waals surface area contributed by atoms with Gasteiger partial charge in [-0.2, -0.15) is 0 Å². The number of carbonyl (C=O) groups is 1. The van der Waals surface area contributed by atoms with Crippen LogP contribution in [-0.2, 0) is 4.79 Å². The van der Waals surface area contributed by atoms with Crippen molar-refractivity contribution in [1.29, 1.82) is 0 Å². The van der Waals surface area contributed by atoms with Crippen LogP contribution in [0.2, 0.25) is 0 Å². The molecule has 0 aliphatic heterocycles. The fourth-order valence-corrected chi connectivity index (χ4v) is 0.964. The van der Waals surface area contributed by atoms with Crippen LogP contribution in [0.25, 0.3) is 0 Å². The maximum absolute atomic E-state index is 11.2. The highest BCUT2D eigenvalue weighted by atomic mass is 16.1. The van der Waals surface area contributed by atoms with Crippen LogP contribution in [-0.4, -0.2) is 12.5 Å². The van der Waals surface area contributed by atoms with E-state index >= 15 is 0 Å². The third-order valence-electron chi connectivity index (χ3n) is 1.71. The molecule has 0 unspecified atom stereocenters. The second kappa shape index (κ2) is 6.44. The van der Waals surface area contributed by atoms with Crippen LogP contribution in [0.5, 0.6) is 0 Å². The van der Waals surface area contributed by atoms with Crippen molar-refractivity contribution >= 4 is 5.91 Å². The molecule has 1 aromatic rings. The molecule has 0 saturated heterocycles. The monoisotopic (exact) mass is 199 g/mol. The van der Waals surface area contributed by atoms with Crippen molar-refractivity contribution < 1.29 is 4.79 Å². The van der Waals surface area contributed by atoms with Gasteiger partial charge >= 0.3 is 0 Å². The molecule has 2 nitrogen and oxygen atoms in total. The van der Waals surface area contributed by atoms with Gasteiger partial charge in [0.25, 0.3) is 5.91 Å². The second-order valence-electron chi connectivity index (χ2n) is 2.90. The van der Waals surface area contributed by atoms with Gasteiger partial charge in [0, 0.05) is 18.0 Å². The summed E-state index contributed by atoms with van der Waals surface area (Å²) < 4.78 is 0. The molecule has 0 fully saturated rings. The summed E-state index contributed by atoms with van der Waals surface area (Å²) in [6, 6.07) is 9.43. The first-order valence-electron chi connectivity index (χ1n) is 4.79. The summed E-state index contributed by atoms with van der Waals surface area (Å²) in [6.07, 6.45) is 3.74. The number of nitrogens with one attached hydrogen (secondary N) is 1. The largest absolute Gasteiger partial charge is 0.342 e. The number of amides is 1. The number of hydrogen-bond acceptors (Lipinski definition) is 1. The maximum atomic E-state index is 11.2. The Kier molecular flexibility index (Phi) is 4.75. The Morgan fingerprint density at radius 1 is 1.40 bits per heavy atom. The molecule has 0 saturated carbocycles. The van der Waals surface area contributed by atoms with E-state index in [1.165, 1.54) is 0 Å². The lowest BCUT2D eigenvalue weighted by Crippen LogP contribution is -2.21. The highest BCUT2D eigenvalue weighted by molar-refractivity contribution is 5.94. The molecule has 0 radical (unpaired) electrons. The Bertz CT molecular complexity index is 396. The summed E-state index contributed by atoms with van der Waals surface area (Å²) in [5, 5.41) is 2.65. The van der Waals surface area contributed by atoms with Gasteiger partial charge in [0.1, 0.15) is 0 Å². The maximum Gasteiger partial charge on any atom is 0.296 e. The molecule has 76 valence electrons. The predicted molar refractivity (Wildman–Crippen MR) is 61.1 cm³/mol. The van der Waals surface area contributed by atoms with E-state index < -0.39 is 0 Å². The molecule has 1 amide bonds. The van der Waals surface area contributed by atoms with Crippen molar-refractivity contribution in [1.82, 2.24) is 5.32 Å². The van der Waals surface area contributed by atoms with Gasteiger partial charge in [0.05, 0.1) is 0 Å². The van der Waals surface area contributed by atoms with Crippen LogP contribution < -0.4 is 5.32 Å². The molecule has 1 N–H and O–H groups in total. The predicted octanol–water partition coefficient (Wildman–Crippen LogP) is 1.73. The zero-order valence-corrected chi connectivity index (χ0v) is 8.66. The summed E-state index contributed by atoms with van der Waals surface area (Å²) in [5.41, 5.74) is 0.846. The van der Waals surface area contributed by atoms with Crippen molar-refractivity contribution in [3.05, 3.63) is 48.0 Å². The standard InChI is InChI=1S/C13H13NO/c1-2-3-11-14-13(15)10-9-12-7-5-4-6-8-12/h2-8H,11H2,1H3,(H,14,15)/b3-2+. The third-order valence-corrected chi connectivity index (χ3v) is 1.71. The highest BCUT2D eigenvalue weighted by Crippen LogP contribution is 1.94. The third kappa shape index (κ3) is 4.68. The molecule has 2 heteroatoms. The zero-order valence-electron chi connectivity index (χ0n) is 8.66. The molecule has 1 aromatic carbocycles. The van der Waals surface area contributed by atoms with Gasteiger partial charge in [0.15, 0.2) is 0 Å². The molecule has 15 heavy (non-hydrogen) atoms. The summed E-state index contributed by atoms with van der Waals surface area (Å²) in [5.74, 6) is 5.06. The van der Waals surface area contributed by atoms with Crippen LogP contribution in [0.4, 0.5) is 0 Å². The molecule has 0 spiro atoms. The Hall–Kier alpha value is -2.01. The Morgan fingerprint density at radius 2 is 2.13 bits per heavy atom. The Labute approximate surface area is 90.0 Å². The van der Waals surface area contributed by atoms with Gasteiger partial charge in [-0.05, 0) is 19.1 Å². The molecule has 0 aliphatic rings. The van der Waals surface area contributed by atoms with Crippen LogP contribution in [0, 0.1) is 11.8 Å². The average molecular weight is 199 g/mol. The Morgan fingerprint density at radius 3 is 2.80 bits per heavy atom. The van der Waals surface area contributed by atoms with Crippen molar-refractivity contribution in [3.8, 4) is 11.8 Å². The van der Waals surface area contributed by atoms with Crippen LogP contribution >= 0.6 is 0 Å². The first kappa shape index (κ1) is 11.1. The van der Waals surface area contributed by atoms with Gasteiger partial charge < -0.3 is 5.32 Å². The molecule has 0 aromatic heterocycles. The van der Waals surface area contributed by atoms with Crippen molar-refractivity contribution in [2.75, 3.05) is 6.54 Å². The Balaban J connectivity index is 2.48. The van der Waals surface area contributed by atoms with E-state index in [-0.39, 0.29) is 5.91 Å². The van der Waals surface area contributed by atoms with E-state index in [1.54, 1.807) is 0 Å². The summed E-state index contributed by atoms with van der Waals surface area (Å²) in [7, 11) is 0. The van der Waals surface area contributed by atoms with Crippen molar-refractivity contribution in [3.63, 3.8) is 0 Å². The van der Waals surface area contributed by atoms with Gasteiger partial charge in [-0.3, -0.25) is 4.79 Å². The minimum Gasteiger partial charge on any atom is -0.342 e. The SMILES string of the molecule is C/C=C/CNC(=O)C#Cc1ccccc1. The number of benzene rings is 1. The molecular weight excluding hydrogens is 186 g/mol. The first-order chi connectivity index (χ1) is 7.33. The van der Waals surface area contributed by atoms with E-state index in [0.29, 0.717) is 6.54 Å². The van der Waals surface area contributed by atoms with E-state index in [9.17, 15) is 4.79 Å². The topological polar surface area (TPSA) is 29.1 Å². The van der Waals surface area contributed by atoms with Gasteiger partial charge in [-0.25, -0.2) is 0 Å². The fourth-order valence-electron chi connectivity index (χ4n) is 0.964. The molecule has 1 rings (SSSR count). The first-order valence-corrected chi connectivity index (χ1v) is 4.79. The fraction of sp³-hybridized carbons (Fsp3) is 0.154. The average Bonchev–Trinajstić information content (AvgIpc) is 2.28. The number of allylic oxidation sites excluding steroid dienone is 1. The summed E-state index contributed by atoms with van der Waals surface area (Å²) in [4.78, 5) is 11.2. The number of rotatable bonds is 2. The van der Waals surface area contributed by atoms with Crippen LogP contribution in [0.3, 0.4) is 0 Å². The quantitative estimate of drug-likeness (QED) is 0.570. The van der Waals surface area contributed by atoms with Gasteiger partial charge in [-0.1, -0.05) is 36.3 Å². The van der Waals surface area contributed by atoms with Crippen molar-refractivity contribution in [2.24, 2.45) is 0 Å². The molecular formula is C13H13NO. The summed E-state index contributed by atoms with van der Waals surface area (Å²) in [6.45, 7) is 2.43. The molecule has 0 heterocycles. The van der Waals surface area contributed by atoms with E-state index in [2.05, 4.69) is 17.2 Å². The lowest BCUT2D eigenvalue weighted by molar-refractivity contribution is -0.115. The summed E-state index contributed by atoms with van der Waals surface area (Å²) >= 11 is 0. The van der Waals surface area contributed by atoms with Crippen LogP contribution in [0.15, 0.2) is 42.5 Å². The molecule has 0 atom stereocenters. The lowest BCUT2D eigenvalue weighted by atomic mass is 10.2.